The van der Waals surface area contributed by atoms with E-state index in [0.29, 0.717) is 39.1 Å². The number of carbonyl (C=O) groups excluding carboxylic acids is 1. The number of rotatable bonds is 5. The Balaban J connectivity index is 1.71. The molecule has 1 unspecified atom stereocenters. The van der Waals surface area contributed by atoms with Crippen LogP contribution in [0.2, 0.25) is 0 Å². The highest BCUT2D eigenvalue weighted by Gasteiger charge is 2.17. The lowest BCUT2D eigenvalue weighted by atomic mass is 10.2. The van der Waals surface area contributed by atoms with Gasteiger partial charge >= 0.3 is 0 Å². The van der Waals surface area contributed by atoms with Crippen LogP contribution in [0.25, 0.3) is 0 Å². The van der Waals surface area contributed by atoms with Crippen molar-refractivity contribution in [2.24, 2.45) is 5.73 Å². The highest BCUT2D eigenvalue weighted by Crippen LogP contribution is 2.22. The van der Waals surface area contributed by atoms with Crippen LogP contribution in [0.15, 0.2) is 35.2 Å². The van der Waals surface area contributed by atoms with E-state index in [4.69, 9.17) is 10.5 Å². The summed E-state index contributed by atoms with van der Waals surface area (Å²) in [5.41, 5.74) is 6.05. The van der Waals surface area contributed by atoms with Gasteiger partial charge in [0.1, 0.15) is 0 Å². The highest BCUT2D eigenvalue weighted by molar-refractivity contribution is 7.99. The fraction of sp³-hybridized carbons (Fsp3) is 0.500. The van der Waals surface area contributed by atoms with E-state index in [1.807, 2.05) is 35.2 Å². The molecule has 0 aromatic heterocycles. The van der Waals surface area contributed by atoms with Gasteiger partial charge in [0.2, 0.25) is 5.91 Å². The van der Waals surface area contributed by atoms with Crippen molar-refractivity contribution in [1.82, 2.24) is 4.90 Å². The summed E-state index contributed by atoms with van der Waals surface area (Å²) in [4.78, 5) is 15.0. The standard InChI is InChI=1S/C14H20N2O2S/c15-13(19-12-4-2-1-3-5-12)6-7-14(17)16-8-10-18-11-9-16/h1-5,13H,6-11,15H2. The molecule has 2 N–H and O–H groups in total. The van der Waals surface area contributed by atoms with Crippen LogP contribution in [0, 0.1) is 0 Å². The molecule has 1 saturated heterocycles. The van der Waals surface area contributed by atoms with Crippen LogP contribution < -0.4 is 5.73 Å². The number of benzene rings is 1. The van der Waals surface area contributed by atoms with E-state index in [9.17, 15) is 4.79 Å². The Bertz CT molecular complexity index is 394. The number of nitrogens with two attached hydrogens (primary N) is 1. The summed E-state index contributed by atoms with van der Waals surface area (Å²) in [6.45, 7) is 2.72. The lowest BCUT2D eigenvalue weighted by Gasteiger charge is -2.27. The van der Waals surface area contributed by atoms with E-state index in [-0.39, 0.29) is 11.3 Å². The molecule has 4 nitrogen and oxygen atoms in total. The maximum absolute atomic E-state index is 12.0. The Morgan fingerprint density at radius 3 is 2.68 bits per heavy atom. The largest absolute Gasteiger partial charge is 0.378 e. The van der Waals surface area contributed by atoms with E-state index in [1.165, 1.54) is 0 Å². The molecule has 0 bridgehead atoms. The van der Waals surface area contributed by atoms with Gasteiger partial charge in [0, 0.05) is 24.4 Å². The minimum Gasteiger partial charge on any atom is -0.378 e. The SMILES string of the molecule is NC(CCC(=O)N1CCOCC1)Sc1ccccc1. The molecule has 1 fully saturated rings. The summed E-state index contributed by atoms with van der Waals surface area (Å²) in [6.07, 6.45) is 1.22. The number of ether oxygens (including phenoxy) is 1. The maximum Gasteiger partial charge on any atom is 0.222 e. The first-order valence-corrected chi connectivity index (χ1v) is 7.46. The Morgan fingerprint density at radius 1 is 1.32 bits per heavy atom. The number of amides is 1. The molecule has 1 aliphatic heterocycles. The van der Waals surface area contributed by atoms with Crippen molar-refractivity contribution in [2.45, 2.75) is 23.1 Å². The molecule has 104 valence electrons. The Kier molecular flexibility index (Phi) is 5.69. The van der Waals surface area contributed by atoms with Gasteiger partial charge in [0.05, 0.1) is 18.6 Å². The van der Waals surface area contributed by atoms with Crippen molar-refractivity contribution >= 4 is 17.7 Å². The van der Waals surface area contributed by atoms with Crippen LogP contribution in [-0.4, -0.2) is 42.5 Å². The van der Waals surface area contributed by atoms with E-state index in [2.05, 4.69) is 0 Å². The fourth-order valence-electron chi connectivity index (χ4n) is 1.97. The molecule has 1 aromatic rings. The molecule has 5 heteroatoms. The molecule has 1 heterocycles. The highest BCUT2D eigenvalue weighted by atomic mass is 32.2. The topological polar surface area (TPSA) is 55.6 Å². The van der Waals surface area contributed by atoms with Gasteiger partial charge in [-0.3, -0.25) is 4.79 Å². The van der Waals surface area contributed by atoms with Gasteiger partial charge in [-0.05, 0) is 18.6 Å². The molecule has 1 amide bonds. The lowest BCUT2D eigenvalue weighted by molar-refractivity contribution is -0.135. The number of nitrogens with zero attached hydrogens (tertiary/aromatic N) is 1. The zero-order valence-corrected chi connectivity index (χ0v) is 11.8. The molecule has 1 aliphatic rings. The predicted molar refractivity (Wildman–Crippen MR) is 76.9 cm³/mol. The molecule has 0 saturated carbocycles. The van der Waals surface area contributed by atoms with Gasteiger partial charge in [-0.15, -0.1) is 11.8 Å². The van der Waals surface area contributed by atoms with Crippen LogP contribution in [0.3, 0.4) is 0 Å². The van der Waals surface area contributed by atoms with Crippen LogP contribution in [0.1, 0.15) is 12.8 Å². The summed E-state index contributed by atoms with van der Waals surface area (Å²) in [5, 5.41) is -0.0348. The second kappa shape index (κ2) is 7.53. The number of thioether (sulfide) groups is 1. The Morgan fingerprint density at radius 2 is 2.00 bits per heavy atom. The van der Waals surface area contributed by atoms with Gasteiger partial charge in [-0.2, -0.15) is 0 Å². The fourth-order valence-corrected chi connectivity index (χ4v) is 2.87. The summed E-state index contributed by atoms with van der Waals surface area (Å²) in [7, 11) is 0. The average molecular weight is 280 g/mol. The molecular weight excluding hydrogens is 260 g/mol. The summed E-state index contributed by atoms with van der Waals surface area (Å²) < 4.78 is 5.23. The van der Waals surface area contributed by atoms with Crippen molar-refractivity contribution in [2.75, 3.05) is 26.3 Å². The smallest absolute Gasteiger partial charge is 0.222 e. The third-order valence-corrected chi connectivity index (χ3v) is 4.12. The normalized spacial score (nSPS) is 17.2. The first-order chi connectivity index (χ1) is 9.25. The average Bonchev–Trinajstić information content (AvgIpc) is 2.47. The van der Waals surface area contributed by atoms with Gasteiger partial charge in [-0.1, -0.05) is 18.2 Å². The van der Waals surface area contributed by atoms with Crippen LogP contribution in [0.5, 0.6) is 0 Å². The van der Waals surface area contributed by atoms with E-state index < -0.39 is 0 Å². The molecule has 0 radical (unpaired) electrons. The summed E-state index contributed by atoms with van der Waals surface area (Å²) in [5.74, 6) is 0.187. The Hall–Kier alpha value is -1.04. The van der Waals surface area contributed by atoms with E-state index >= 15 is 0 Å². The first kappa shape index (κ1) is 14.4. The maximum atomic E-state index is 12.0. The van der Waals surface area contributed by atoms with Crippen molar-refractivity contribution in [3.05, 3.63) is 30.3 Å². The van der Waals surface area contributed by atoms with Gasteiger partial charge in [-0.25, -0.2) is 0 Å². The second-order valence-corrected chi connectivity index (χ2v) is 5.81. The van der Waals surface area contributed by atoms with Gasteiger partial charge in [0.15, 0.2) is 0 Å². The molecule has 1 atom stereocenters. The summed E-state index contributed by atoms with van der Waals surface area (Å²) >= 11 is 1.61. The molecule has 1 aromatic carbocycles. The third-order valence-electron chi connectivity index (χ3n) is 3.04. The number of hydrogen-bond donors (Lipinski definition) is 1. The van der Waals surface area contributed by atoms with Crippen molar-refractivity contribution in [3.8, 4) is 0 Å². The minimum atomic E-state index is -0.0348. The van der Waals surface area contributed by atoms with Gasteiger partial charge < -0.3 is 15.4 Å². The molecule has 0 aliphatic carbocycles. The zero-order chi connectivity index (χ0) is 13.5. The molecule has 2 rings (SSSR count). The van der Waals surface area contributed by atoms with Crippen LogP contribution >= 0.6 is 11.8 Å². The van der Waals surface area contributed by atoms with E-state index in [0.717, 1.165) is 4.90 Å². The molecule has 0 spiro atoms. The number of hydrogen-bond acceptors (Lipinski definition) is 4. The quantitative estimate of drug-likeness (QED) is 0.659. The second-order valence-electron chi connectivity index (χ2n) is 4.50. The van der Waals surface area contributed by atoms with Gasteiger partial charge in [0.25, 0.3) is 0 Å². The van der Waals surface area contributed by atoms with Crippen molar-refractivity contribution < 1.29 is 9.53 Å². The third kappa shape index (κ3) is 4.86. The zero-order valence-electron chi connectivity index (χ0n) is 11.0. The van der Waals surface area contributed by atoms with Crippen LogP contribution in [0.4, 0.5) is 0 Å². The molecule has 19 heavy (non-hydrogen) atoms. The molecular formula is C14H20N2O2S. The lowest BCUT2D eigenvalue weighted by Crippen LogP contribution is -2.41. The predicted octanol–water partition coefficient (Wildman–Crippen LogP) is 1.70. The van der Waals surface area contributed by atoms with Crippen molar-refractivity contribution in [3.63, 3.8) is 0 Å². The summed E-state index contributed by atoms with van der Waals surface area (Å²) in [6, 6.07) is 10.0. The minimum absolute atomic E-state index is 0.0348. The van der Waals surface area contributed by atoms with Crippen molar-refractivity contribution in [1.29, 1.82) is 0 Å². The first-order valence-electron chi connectivity index (χ1n) is 6.58. The monoisotopic (exact) mass is 280 g/mol. The van der Waals surface area contributed by atoms with Crippen LogP contribution in [-0.2, 0) is 9.53 Å². The Labute approximate surface area is 118 Å². The number of morpholine rings is 1. The van der Waals surface area contributed by atoms with E-state index in [1.54, 1.807) is 11.8 Å². The number of carbonyl (C=O) groups is 1.